The number of hydrogen-bond donors (Lipinski definition) is 1. The van der Waals surface area contributed by atoms with Crippen LogP contribution in [0.15, 0.2) is 72.4 Å². The van der Waals surface area contributed by atoms with Crippen LogP contribution in [0.1, 0.15) is 11.3 Å². The largest absolute Gasteiger partial charge is 0.302 e. The first kappa shape index (κ1) is 18.0. The van der Waals surface area contributed by atoms with Crippen LogP contribution in [0.2, 0.25) is 0 Å². The molecule has 0 spiro atoms. The smallest absolute Gasteiger partial charge is 0.230 e. The van der Waals surface area contributed by atoms with Crippen LogP contribution >= 0.6 is 11.3 Å². The van der Waals surface area contributed by atoms with E-state index in [2.05, 4.69) is 20.3 Å². The maximum Gasteiger partial charge on any atom is 0.230 e. The fraction of sp³-hybridized carbons (Fsp3) is 0.0909. The Kier molecular flexibility index (Phi) is 5.21. The molecule has 4 rings (SSSR count). The quantitative estimate of drug-likeness (QED) is 0.537. The molecule has 6 heteroatoms. The molecular weight excluding hydrogens is 368 g/mol. The van der Waals surface area contributed by atoms with Crippen molar-refractivity contribution in [2.24, 2.45) is 0 Å². The third-order valence-electron chi connectivity index (χ3n) is 4.20. The first-order valence-corrected chi connectivity index (χ1v) is 9.74. The zero-order valence-corrected chi connectivity index (χ0v) is 16.1. The van der Waals surface area contributed by atoms with Crippen LogP contribution in [-0.4, -0.2) is 20.9 Å². The Labute approximate surface area is 167 Å². The molecule has 0 saturated carbocycles. The Hall–Kier alpha value is -3.38. The summed E-state index contributed by atoms with van der Waals surface area (Å²) in [7, 11) is 0. The van der Waals surface area contributed by atoms with Gasteiger partial charge in [-0.25, -0.2) is 4.98 Å². The molecule has 0 aliphatic heterocycles. The normalized spacial score (nSPS) is 10.6. The van der Waals surface area contributed by atoms with Gasteiger partial charge in [0.05, 0.1) is 17.8 Å². The van der Waals surface area contributed by atoms with Gasteiger partial charge in [-0.2, -0.15) is 0 Å². The molecule has 1 aromatic carbocycles. The van der Waals surface area contributed by atoms with Crippen molar-refractivity contribution in [2.45, 2.75) is 13.3 Å². The standard InChI is InChI=1S/C22H18N4OS/c1-15-11-18(9-10-23-15)19-8-7-16(13-24-19)12-21(27)26-22-25-20(14-28-22)17-5-3-2-4-6-17/h2-11,13-14H,12H2,1H3,(H,25,26,27). The van der Waals surface area contributed by atoms with E-state index in [9.17, 15) is 4.79 Å². The topological polar surface area (TPSA) is 67.8 Å². The zero-order chi connectivity index (χ0) is 19.3. The Balaban J connectivity index is 1.39. The molecule has 4 aromatic rings. The number of pyridine rings is 2. The van der Waals surface area contributed by atoms with Gasteiger partial charge < -0.3 is 5.32 Å². The van der Waals surface area contributed by atoms with Crippen LogP contribution in [0.5, 0.6) is 0 Å². The highest BCUT2D eigenvalue weighted by atomic mass is 32.1. The summed E-state index contributed by atoms with van der Waals surface area (Å²) in [6, 6.07) is 17.7. The van der Waals surface area contributed by atoms with Gasteiger partial charge in [0, 0.05) is 34.6 Å². The summed E-state index contributed by atoms with van der Waals surface area (Å²) in [4.78, 5) is 25.5. The molecule has 5 nitrogen and oxygen atoms in total. The molecule has 1 amide bonds. The number of carbonyl (C=O) groups excluding carboxylic acids is 1. The van der Waals surface area contributed by atoms with Crippen molar-refractivity contribution >= 4 is 22.4 Å². The number of benzene rings is 1. The van der Waals surface area contributed by atoms with Crippen LogP contribution in [0.4, 0.5) is 5.13 Å². The number of nitrogens with zero attached hydrogens (tertiary/aromatic N) is 3. The molecule has 1 N–H and O–H groups in total. The van der Waals surface area contributed by atoms with E-state index in [1.165, 1.54) is 11.3 Å². The predicted molar refractivity (Wildman–Crippen MR) is 112 cm³/mol. The number of amides is 1. The summed E-state index contributed by atoms with van der Waals surface area (Å²) >= 11 is 1.42. The summed E-state index contributed by atoms with van der Waals surface area (Å²) in [6.07, 6.45) is 3.76. The molecule has 0 aliphatic rings. The molecule has 0 saturated heterocycles. The number of aromatic nitrogens is 3. The van der Waals surface area contributed by atoms with E-state index in [0.29, 0.717) is 5.13 Å². The summed E-state index contributed by atoms with van der Waals surface area (Å²) in [6.45, 7) is 1.95. The SMILES string of the molecule is Cc1cc(-c2ccc(CC(=O)Nc3nc(-c4ccccc4)cs3)cn2)ccn1. The molecule has 0 fully saturated rings. The molecule has 0 radical (unpaired) electrons. The van der Waals surface area contributed by atoms with E-state index in [0.717, 1.165) is 33.8 Å². The minimum Gasteiger partial charge on any atom is -0.302 e. The number of hydrogen-bond acceptors (Lipinski definition) is 5. The zero-order valence-electron chi connectivity index (χ0n) is 15.3. The fourth-order valence-electron chi connectivity index (χ4n) is 2.83. The van der Waals surface area contributed by atoms with Crippen molar-refractivity contribution in [2.75, 3.05) is 5.32 Å². The van der Waals surface area contributed by atoms with Crippen molar-refractivity contribution in [3.05, 3.63) is 83.6 Å². The molecule has 28 heavy (non-hydrogen) atoms. The second-order valence-corrected chi connectivity index (χ2v) is 7.22. The van der Waals surface area contributed by atoms with E-state index in [-0.39, 0.29) is 12.3 Å². The summed E-state index contributed by atoms with van der Waals surface area (Å²) in [5.74, 6) is -0.108. The lowest BCUT2D eigenvalue weighted by atomic mass is 10.1. The minimum absolute atomic E-state index is 0.108. The third-order valence-corrected chi connectivity index (χ3v) is 4.96. The number of carbonyl (C=O) groups is 1. The van der Waals surface area contributed by atoms with Crippen molar-refractivity contribution in [3.63, 3.8) is 0 Å². The maximum absolute atomic E-state index is 12.3. The van der Waals surface area contributed by atoms with Crippen molar-refractivity contribution in [1.82, 2.24) is 15.0 Å². The van der Waals surface area contributed by atoms with E-state index in [1.807, 2.05) is 66.9 Å². The van der Waals surface area contributed by atoms with Crippen LogP contribution in [-0.2, 0) is 11.2 Å². The highest BCUT2D eigenvalue weighted by molar-refractivity contribution is 7.14. The number of aryl methyl sites for hydroxylation is 1. The van der Waals surface area contributed by atoms with E-state index >= 15 is 0 Å². The number of rotatable bonds is 5. The molecule has 3 heterocycles. The molecule has 138 valence electrons. The van der Waals surface area contributed by atoms with Gasteiger partial charge in [-0.3, -0.25) is 14.8 Å². The number of nitrogens with one attached hydrogen (secondary N) is 1. The lowest BCUT2D eigenvalue weighted by Crippen LogP contribution is -2.14. The van der Waals surface area contributed by atoms with E-state index < -0.39 is 0 Å². The third kappa shape index (κ3) is 4.29. The summed E-state index contributed by atoms with van der Waals surface area (Å²) < 4.78 is 0. The Morgan fingerprint density at radius 2 is 1.86 bits per heavy atom. The van der Waals surface area contributed by atoms with Gasteiger partial charge in [-0.15, -0.1) is 11.3 Å². The summed E-state index contributed by atoms with van der Waals surface area (Å²) in [5.41, 5.74) is 5.57. The van der Waals surface area contributed by atoms with Crippen LogP contribution in [0.3, 0.4) is 0 Å². The lowest BCUT2D eigenvalue weighted by Gasteiger charge is -2.05. The second kappa shape index (κ2) is 8.10. The van der Waals surface area contributed by atoms with Crippen LogP contribution in [0, 0.1) is 6.92 Å². The molecule has 0 bridgehead atoms. The van der Waals surface area contributed by atoms with Crippen molar-refractivity contribution < 1.29 is 4.79 Å². The van der Waals surface area contributed by atoms with Gasteiger partial charge in [0.15, 0.2) is 5.13 Å². The monoisotopic (exact) mass is 386 g/mol. The van der Waals surface area contributed by atoms with E-state index in [1.54, 1.807) is 12.4 Å². The molecule has 0 unspecified atom stereocenters. The van der Waals surface area contributed by atoms with Gasteiger partial charge in [0.1, 0.15) is 0 Å². The number of thiazole rings is 1. The first-order valence-electron chi connectivity index (χ1n) is 8.86. The molecule has 0 atom stereocenters. The highest BCUT2D eigenvalue weighted by Gasteiger charge is 2.09. The van der Waals surface area contributed by atoms with Crippen LogP contribution in [0.25, 0.3) is 22.5 Å². The van der Waals surface area contributed by atoms with Gasteiger partial charge in [0.2, 0.25) is 5.91 Å². The Morgan fingerprint density at radius 3 is 2.61 bits per heavy atom. The minimum atomic E-state index is -0.108. The van der Waals surface area contributed by atoms with Gasteiger partial charge in [0.25, 0.3) is 0 Å². The van der Waals surface area contributed by atoms with Crippen molar-refractivity contribution in [1.29, 1.82) is 0 Å². The lowest BCUT2D eigenvalue weighted by molar-refractivity contribution is -0.115. The predicted octanol–water partition coefficient (Wildman–Crippen LogP) is 4.76. The molecule has 0 aliphatic carbocycles. The highest BCUT2D eigenvalue weighted by Crippen LogP contribution is 2.24. The molecule has 3 aromatic heterocycles. The van der Waals surface area contributed by atoms with Gasteiger partial charge >= 0.3 is 0 Å². The van der Waals surface area contributed by atoms with E-state index in [4.69, 9.17) is 0 Å². The Bertz CT molecular complexity index is 1090. The van der Waals surface area contributed by atoms with Gasteiger partial charge in [-0.1, -0.05) is 36.4 Å². The summed E-state index contributed by atoms with van der Waals surface area (Å²) in [5, 5.41) is 5.41. The van der Waals surface area contributed by atoms with Crippen LogP contribution < -0.4 is 5.32 Å². The first-order chi connectivity index (χ1) is 13.7. The molecular formula is C22H18N4OS. The average molecular weight is 386 g/mol. The van der Waals surface area contributed by atoms with Crippen molar-refractivity contribution in [3.8, 4) is 22.5 Å². The fourth-order valence-corrected chi connectivity index (χ4v) is 3.56. The number of anilines is 1. The second-order valence-electron chi connectivity index (χ2n) is 6.37. The van der Waals surface area contributed by atoms with Gasteiger partial charge in [-0.05, 0) is 30.7 Å². The maximum atomic E-state index is 12.3. The Morgan fingerprint density at radius 1 is 1.00 bits per heavy atom. The average Bonchev–Trinajstić information content (AvgIpc) is 3.17.